The molecule has 132 valence electrons. The molecule has 1 N–H and O–H groups in total. The molecule has 4 saturated carbocycles. The van der Waals surface area contributed by atoms with Crippen molar-refractivity contribution in [1.82, 2.24) is 5.32 Å². The fourth-order valence-electron chi connectivity index (χ4n) is 5.99. The minimum absolute atomic E-state index is 0.409. The first-order valence-corrected chi connectivity index (χ1v) is 9.68. The van der Waals surface area contributed by atoms with Crippen molar-refractivity contribution in [3.8, 4) is 17.1 Å². The van der Waals surface area contributed by atoms with Crippen LogP contribution in [0.3, 0.4) is 0 Å². The van der Waals surface area contributed by atoms with Crippen LogP contribution in [0.2, 0.25) is 0 Å². The Balaban J connectivity index is 1.27. The van der Waals surface area contributed by atoms with Gasteiger partial charge in [-0.1, -0.05) is 0 Å². The third kappa shape index (κ3) is 2.89. The van der Waals surface area contributed by atoms with Crippen molar-refractivity contribution in [2.24, 2.45) is 17.8 Å². The predicted molar refractivity (Wildman–Crippen MR) is 98.4 cm³/mol. The Morgan fingerprint density at radius 3 is 2.28 bits per heavy atom. The fraction of sp³-hybridized carbons (Fsp3) is 0.545. The van der Waals surface area contributed by atoms with Crippen molar-refractivity contribution in [2.45, 2.75) is 50.6 Å². The Kier molecular flexibility index (Phi) is 3.67. The van der Waals surface area contributed by atoms with E-state index in [1.54, 1.807) is 7.11 Å². The van der Waals surface area contributed by atoms with Crippen LogP contribution >= 0.6 is 0 Å². The lowest BCUT2D eigenvalue weighted by molar-refractivity contribution is -0.0206. The summed E-state index contributed by atoms with van der Waals surface area (Å²) in [5, 5.41) is 3.95. The van der Waals surface area contributed by atoms with E-state index in [0.717, 1.165) is 41.4 Å². The minimum Gasteiger partial charge on any atom is -0.497 e. The van der Waals surface area contributed by atoms with Crippen LogP contribution in [0.15, 0.2) is 41.0 Å². The van der Waals surface area contributed by atoms with Crippen LogP contribution in [0.1, 0.15) is 44.1 Å². The van der Waals surface area contributed by atoms with Gasteiger partial charge in [-0.25, -0.2) is 0 Å². The summed E-state index contributed by atoms with van der Waals surface area (Å²) in [7, 11) is 1.69. The molecule has 0 radical (unpaired) electrons. The van der Waals surface area contributed by atoms with E-state index in [9.17, 15) is 0 Å². The van der Waals surface area contributed by atoms with Crippen LogP contribution in [0, 0.1) is 17.8 Å². The van der Waals surface area contributed by atoms with Gasteiger partial charge in [-0.15, -0.1) is 0 Å². The van der Waals surface area contributed by atoms with Crippen molar-refractivity contribution in [1.29, 1.82) is 0 Å². The third-order valence-corrected chi connectivity index (χ3v) is 6.73. The first-order valence-electron chi connectivity index (χ1n) is 9.68. The molecule has 0 spiro atoms. The molecule has 0 saturated heterocycles. The normalized spacial score (nSPS) is 32.9. The quantitative estimate of drug-likeness (QED) is 0.832. The molecule has 1 heterocycles. The Labute approximate surface area is 149 Å². The Morgan fingerprint density at radius 1 is 1.04 bits per heavy atom. The smallest absolute Gasteiger partial charge is 0.134 e. The van der Waals surface area contributed by atoms with Gasteiger partial charge < -0.3 is 14.5 Å². The van der Waals surface area contributed by atoms with Gasteiger partial charge in [0.05, 0.1) is 13.4 Å². The minimum atomic E-state index is 0.409. The monoisotopic (exact) mass is 337 g/mol. The maximum absolute atomic E-state index is 5.81. The summed E-state index contributed by atoms with van der Waals surface area (Å²) in [6, 6.07) is 10.2. The third-order valence-electron chi connectivity index (χ3n) is 6.73. The van der Waals surface area contributed by atoms with E-state index in [4.69, 9.17) is 9.15 Å². The SMILES string of the molecule is COc1ccc(-c2cc(CNC34CC5CC(CC(C5)C3)C4)co2)cc1. The van der Waals surface area contributed by atoms with Gasteiger partial charge in [0.2, 0.25) is 0 Å². The van der Waals surface area contributed by atoms with Gasteiger partial charge in [0.25, 0.3) is 0 Å². The van der Waals surface area contributed by atoms with Crippen LogP contribution in [0.5, 0.6) is 5.75 Å². The maximum atomic E-state index is 5.81. The lowest BCUT2D eigenvalue weighted by Gasteiger charge is -2.57. The molecule has 1 aromatic heterocycles. The number of benzene rings is 1. The summed E-state index contributed by atoms with van der Waals surface area (Å²) in [6.07, 6.45) is 10.6. The highest BCUT2D eigenvalue weighted by Gasteiger charge is 2.50. The Morgan fingerprint density at radius 2 is 1.68 bits per heavy atom. The van der Waals surface area contributed by atoms with E-state index in [2.05, 4.69) is 11.4 Å². The predicted octanol–water partition coefficient (Wildman–Crippen LogP) is 5.01. The molecule has 0 unspecified atom stereocenters. The van der Waals surface area contributed by atoms with E-state index in [-0.39, 0.29) is 0 Å². The maximum Gasteiger partial charge on any atom is 0.134 e. The molecule has 0 atom stereocenters. The second-order valence-electron chi connectivity index (χ2n) is 8.60. The van der Waals surface area contributed by atoms with Crippen LogP contribution < -0.4 is 10.1 Å². The van der Waals surface area contributed by atoms with Gasteiger partial charge in [-0.3, -0.25) is 0 Å². The zero-order valence-corrected chi connectivity index (χ0v) is 15.0. The number of nitrogens with one attached hydrogen (secondary N) is 1. The number of hydrogen-bond donors (Lipinski definition) is 1. The van der Waals surface area contributed by atoms with Crippen LogP contribution in [0.4, 0.5) is 0 Å². The standard InChI is InChI=1S/C22H27NO2/c1-24-20-4-2-19(3-5-20)21-9-18(14-25-21)13-23-22-10-15-6-16(11-22)8-17(7-15)12-22/h2-5,9,14-17,23H,6-8,10-13H2,1H3. The molecule has 25 heavy (non-hydrogen) atoms. The molecule has 0 amide bonds. The van der Waals surface area contributed by atoms with Gasteiger partial charge >= 0.3 is 0 Å². The van der Waals surface area contributed by atoms with E-state index in [1.807, 2.05) is 30.5 Å². The molecule has 3 heteroatoms. The highest BCUT2D eigenvalue weighted by atomic mass is 16.5. The number of furan rings is 1. The van der Waals surface area contributed by atoms with Crippen molar-refractivity contribution in [3.63, 3.8) is 0 Å². The molecule has 4 aliphatic rings. The van der Waals surface area contributed by atoms with Gasteiger partial charge in [0.1, 0.15) is 11.5 Å². The second-order valence-corrected chi connectivity index (χ2v) is 8.60. The summed E-state index contributed by atoms with van der Waals surface area (Å²) in [5.41, 5.74) is 2.76. The highest BCUT2D eigenvalue weighted by molar-refractivity contribution is 5.59. The van der Waals surface area contributed by atoms with Crippen LogP contribution in [0.25, 0.3) is 11.3 Å². The lowest BCUT2D eigenvalue weighted by Crippen LogP contribution is -2.58. The molecular formula is C22H27NO2. The molecule has 0 aliphatic heterocycles. The second kappa shape index (κ2) is 5.91. The average Bonchev–Trinajstić information content (AvgIpc) is 3.08. The number of hydrogen-bond acceptors (Lipinski definition) is 3. The first-order chi connectivity index (χ1) is 12.2. The molecule has 4 aliphatic carbocycles. The average molecular weight is 337 g/mol. The lowest BCUT2D eigenvalue weighted by atomic mass is 9.53. The summed E-state index contributed by atoms with van der Waals surface area (Å²) >= 11 is 0. The molecule has 6 rings (SSSR count). The Hall–Kier alpha value is -1.74. The first kappa shape index (κ1) is 15.5. The fourth-order valence-corrected chi connectivity index (χ4v) is 5.99. The number of ether oxygens (including phenoxy) is 1. The molecule has 4 bridgehead atoms. The summed E-state index contributed by atoms with van der Waals surface area (Å²) < 4.78 is 11.0. The van der Waals surface area contributed by atoms with Gasteiger partial charge in [-0.2, -0.15) is 0 Å². The van der Waals surface area contributed by atoms with E-state index in [1.165, 1.54) is 44.1 Å². The molecule has 1 aromatic carbocycles. The van der Waals surface area contributed by atoms with Crippen molar-refractivity contribution < 1.29 is 9.15 Å². The molecular weight excluding hydrogens is 310 g/mol. The summed E-state index contributed by atoms with van der Waals surface area (Å²) in [5.74, 6) is 4.76. The zero-order chi connectivity index (χ0) is 16.9. The van der Waals surface area contributed by atoms with E-state index >= 15 is 0 Å². The van der Waals surface area contributed by atoms with Gasteiger partial charge in [-0.05, 0) is 86.6 Å². The van der Waals surface area contributed by atoms with E-state index in [0.29, 0.717) is 5.54 Å². The largest absolute Gasteiger partial charge is 0.497 e. The molecule has 4 fully saturated rings. The number of rotatable bonds is 5. The van der Waals surface area contributed by atoms with E-state index < -0.39 is 0 Å². The van der Waals surface area contributed by atoms with Crippen LogP contribution in [-0.2, 0) is 6.54 Å². The topological polar surface area (TPSA) is 34.4 Å². The Bertz CT molecular complexity index is 710. The van der Waals surface area contributed by atoms with Crippen molar-refractivity contribution in [2.75, 3.05) is 7.11 Å². The van der Waals surface area contributed by atoms with Gasteiger partial charge in [0.15, 0.2) is 0 Å². The summed E-state index contributed by atoms with van der Waals surface area (Å²) in [4.78, 5) is 0. The van der Waals surface area contributed by atoms with Crippen molar-refractivity contribution in [3.05, 3.63) is 42.2 Å². The van der Waals surface area contributed by atoms with Gasteiger partial charge in [0, 0.05) is 23.2 Å². The summed E-state index contributed by atoms with van der Waals surface area (Å²) in [6.45, 7) is 0.922. The highest BCUT2D eigenvalue weighted by Crippen LogP contribution is 2.55. The number of methoxy groups -OCH3 is 1. The zero-order valence-electron chi connectivity index (χ0n) is 15.0. The molecule has 3 nitrogen and oxygen atoms in total. The van der Waals surface area contributed by atoms with Crippen molar-refractivity contribution >= 4 is 0 Å². The van der Waals surface area contributed by atoms with Crippen LogP contribution in [-0.4, -0.2) is 12.6 Å². The molecule has 2 aromatic rings.